The molecule has 2 rings (SSSR count). The third kappa shape index (κ3) is 2.27. The summed E-state index contributed by atoms with van der Waals surface area (Å²) >= 11 is 5.46. The van der Waals surface area contributed by atoms with Crippen LogP contribution in [0.1, 0.15) is 20.3 Å². The Hall–Kier alpha value is 0.300. The van der Waals surface area contributed by atoms with E-state index in [2.05, 4.69) is 39.7 Å². The zero-order valence-corrected chi connectivity index (χ0v) is 11.2. The number of thioether (sulfide) groups is 1. The van der Waals surface area contributed by atoms with Crippen molar-refractivity contribution in [2.24, 2.45) is 10.4 Å². The Morgan fingerprint density at radius 2 is 2.43 bits per heavy atom. The van der Waals surface area contributed by atoms with E-state index in [0.717, 1.165) is 11.9 Å². The molecule has 80 valence electrons. The smallest absolute Gasteiger partial charge is 0.159 e. The molecule has 0 aromatic heterocycles. The minimum Gasteiger partial charge on any atom is -0.351 e. The summed E-state index contributed by atoms with van der Waals surface area (Å²) in [6, 6.07) is 0. The highest BCUT2D eigenvalue weighted by molar-refractivity contribution is 9.09. The van der Waals surface area contributed by atoms with Crippen LogP contribution in [0.4, 0.5) is 0 Å². The van der Waals surface area contributed by atoms with E-state index in [0.29, 0.717) is 10.7 Å². The number of rotatable bonds is 1. The molecular formula is C10H17BrN2S. The molecule has 2 heterocycles. The van der Waals surface area contributed by atoms with Gasteiger partial charge in [-0.1, -0.05) is 41.5 Å². The molecule has 1 atom stereocenters. The van der Waals surface area contributed by atoms with Crippen LogP contribution in [-0.2, 0) is 0 Å². The minimum atomic E-state index is 0.482. The van der Waals surface area contributed by atoms with Gasteiger partial charge in [0.05, 0.1) is 6.54 Å². The summed E-state index contributed by atoms with van der Waals surface area (Å²) < 4.78 is 0. The van der Waals surface area contributed by atoms with E-state index in [1.165, 1.54) is 24.7 Å². The summed E-state index contributed by atoms with van der Waals surface area (Å²) in [6.45, 7) is 8.04. The van der Waals surface area contributed by atoms with Crippen LogP contribution in [0.3, 0.4) is 0 Å². The monoisotopic (exact) mass is 276 g/mol. The standard InChI is InChI=1S/C10H17BrN2S/c1-10(2)3-4-13(7-10)9-12-6-8(5-11)14-9/h8H,3-7H2,1-2H3. The van der Waals surface area contributed by atoms with Crippen LogP contribution in [0.15, 0.2) is 4.99 Å². The van der Waals surface area contributed by atoms with Crippen molar-refractivity contribution in [3.05, 3.63) is 0 Å². The molecule has 0 amide bonds. The fourth-order valence-corrected chi connectivity index (χ4v) is 3.50. The lowest BCUT2D eigenvalue weighted by atomic mass is 9.93. The summed E-state index contributed by atoms with van der Waals surface area (Å²) in [5, 5.41) is 3.00. The third-order valence-electron chi connectivity index (χ3n) is 2.82. The van der Waals surface area contributed by atoms with Gasteiger partial charge in [0.15, 0.2) is 5.17 Å². The van der Waals surface area contributed by atoms with Gasteiger partial charge in [0.2, 0.25) is 0 Å². The van der Waals surface area contributed by atoms with Gasteiger partial charge in [-0.3, -0.25) is 4.99 Å². The van der Waals surface area contributed by atoms with Crippen LogP contribution < -0.4 is 0 Å². The van der Waals surface area contributed by atoms with Gasteiger partial charge < -0.3 is 4.90 Å². The molecule has 0 bridgehead atoms. The van der Waals surface area contributed by atoms with Gasteiger partial charge in [0.1, 0.15) is 0 Å². The molecule has 0 aliphatic carbocycles. The van der Waals surface area contributed by atoms with Crippen LogP contribution in [-0.4, -0.2) is 40.3 Å². The van der Waals surface area contributed by atoms with Crippen LogP contribution in [0.5, 0.6) is 0 Å². The van der Waals surface area contributed by atoms with Gasteiger partial charge in [-0.25, -0.2) is 0 Å². The summed E-state index contributed by atoms with van der Waals surface area (Å²) in [4.78, 5) is 7.06. The van der Waals surface area contributed by atoms with Crippen molar-refractivity contribution < 1.29 is 0 Å². The number of hydrogen-bond donors (Lipinski definition) is 0. The summed E-state index contributed by atoms with van der Waals surface area (Å²) in [5.41, 5.74) is 0.482. The predicted molar refractivity (Wildman–Crippen MR) is 67.4 cm³/mol. The molecule has 0 spiro atoms. The maximum atomic E-state index is 4.61. The summed E-state index contributed by atoms with van der Waals surface area (Å²) in [7, 11) is 0. The molecule has 0 aromatic carbocycles. The van der Waals surface area contributed by atoms with Crippen LogP contribution in [0.2, 0.25) is 0 Å². The molecule has 1 fully saturated rings. The number of hydrogen-bond acceptors (Lipinski definition) is 3. The molecule has 0 aromatic rings. The van der Waals surface area contributed by atoms with Gasteiger partial charge in [0, 0.05) is 23.7 Å². The van der Waals surface area contributed by atoms with E-state index in [1.807, 2.05) is 11.8 Å². The first-order chi connectivity index (χ1) is 6.61. The minimum absolute atomic E-state index is 0.482. The second-order valence-electron chi connectivity index (χ2n) is 4.85. The second kappa shape index (κ2) is 4.05. The number of likely N-dealkylation sites (tertiary alicyclic amines) is 1. The number of halogens is 1. The maximum absolute atomic E-state index is 4.61. The van der Waals surface area contributed by atoms with Gasteiger partial charge in [-0.05, 0) is 11.8 Å². The zero-order chi connectivity index (χ0) is 10.2. The van der Waals surface area contributed by atoms with Crippen LogP contribution in [0.25, 0.3) is 0 Å². The third-order valence-corrected chi connectivity index (χ3v) is 5.28. The van der Waals surface area contributed by atoms with Crippen molar-refractivity contribution in [2.75, 3.05) is 25.0 Å². The second-order valence-corrected chi connectivity index (χ2v) is 6.77. The first kappa shape index (κ1) is 10.8. The number of aliphatic imine (C=N–C) groups is 1. The molecule has 0 saturated carbocycles. The van der Waals surface area contributed by atoms with Gasteiger partial charge in [-0.15, -0.1) is 0 Å². The van der Waals surface area contributed by atoms with Crippen molar-refractivity contribution in [3.8, 4) is 0 Å². The fraction of sp³-hybridized carbons (Fsp3) is 0.900. The van der Waals surface area contributed by atoms with Crippen molar-refractivity contribution in [1.82, 2.24) is 4.90 Å². The van der Waals surface area contributed by atoms with E-state index in [-0.39, 0.29) is 0 Å². The topological polar surface area (TPSA) is 15.6 Å². The fourth-order valence-electron chi connectivity index (χ4n) is 1.93. The highest BCUT2D eigenvalue weighted by Crippen LogP contribution is 2.33. The molecule has 14 heavy (non-hydrogen) atoms. The molecule has 0 N–H and O–H groups in total. The molecule has 4 heteroatoms. The first-order valence-corrected chi connectivity index (χ1v) is 7.13. The normalized spacial score (nSPS) is 30.9. The highest BCUT2D eigenvalue weighted by Gasteiger charge is 2.33. The van der Waals surface area contributed by atoms with E-state index < -0.39 is 0 Å². The van der Waals surface area contributed by atoms with E-state index >= 15 is 0 Å². The molecule has 1 unspecified atom stereocenters. The SMILES string of the molecule is CC1(C)CCN(C2=NCC(CBr)S2)C1. The first-order valence-electron chi connectivity index (χ1n) is 5.13. The molecule has 2 aliphatic heterocycles. The Morgan fingerprint density at radius 3 is 2.93 bits per heavy atom. The molecule has 2 nitrogen and oxygen atoms in total. The molecule has 0 radical (unpaired) electrons. The Kier molecular flexibility index (Phi) is 3.12. The quantitative estimate of drug-likeness (QED) is 0.685. The Labute approximate surface area is 98.7 Å². The van der Waals surface area contributed by atoms with Crippen LogP contribution in [0, 0.1) is 5.41 Å². The summed E-state index contributed by atoms with van der Waals surface area (Å²) in [5.74, 6) is 0. The van der Waals surface area contributed by atoms with Crippen LogP contribution >= 0.6 is 27.7 Å². The average molecular weight is 277 g/mol. The van der Waals surface area contributed by atoms with Crippen molar-refractivity contribution in [1.29, 1.82) is 0 Å². The van der Waals surface area contributed by atoms with E-state index in [1.54, 1.807) is 0 Å². The van der Waals surface area contributed by atoms with Gasteiger partial charge in [-0.2, -0.15) is 0 Å². The predicted octanol–water partition coefficient (Wildman–Crippen LogP) is 2.58. The summed E-state index contributed by atoms with van der Waals surface area (Å²) in [6.07, 6.45) is 1.30. The van der Waals surface area contributed by atoms with Crippen molar-refractivity contribution in [3.63, 3.8) is 0 Å². The van der Waals surface area contributed by atoms with Crippen molar-refractivity contribution >= 4 is 32.9 Å². The van der Waals surface area contributed by atoms with Gasteiger partial charge >= 0.3 is 0 Å². The lowest BCUT2D eigenvalue weighted by Gasteiger charge is -2.20. The van der Waals surface area contributed by atoms with E-state index in [4.69, 9.17) is 0 Å². The molecule has 1 saturated heterocycles. The van der Waals surface area contributed by atoms with Gasteiger partial charge in [0.25, 0.3) is 0 Å². The molecule has 2 aliphatic rings. The Balaban J connectivity index is 1.92. The lowest BCUT2D eigenvalue weighted by molar-refractivity contribution is 0.378. The largest absolute Gasteiger partial charge is 0.351 e. The maximum Gasteiger partial charge on any atom is 0.159 e. The molecular weight excluding hydrogens is 260 g/mol. The zero-order valence-electron chi connectivity index (χ0n) is 8.79. The Morgan fingerprint density at radius 1 is 1.64 bits per heavy atom. The number of alkyl halides is 1. The van der Waals surface area contributed by atoms with Crippen molar-refractivity contribution in [2.45, 2.75) is 25.5 Å². The average Bonchev–Trinajstić information content (AvgIpc) is 2.70. The lowest BCUT2D eigenvalue weighted by Crippen LogP contribution is -2.27. The number of nitrogens with zero attached hydrogens (tertiary/aromatic N) is 2. The number of amidine groups is 1. The van der Waals surface area contributed by atoms with E-state index in [9.17, 15) is 0 Å². The Bertz CT molecular complexity index is 253. The highest BCUT2D eigenvalue weighted by atomic mass is 79.9.